The number of ketones is 1. The second kappa shape index (κ2) is 8.68. The number of hydrogen-bond donors (Lipinski definition) is 3. The first-order valence-electron chi connectivity index (χ1n) is 8.71. The number of hydrogen-bond acceptors (Lipinski definition) is 5. The first-order chi connectivity index (χ1) is 14.6. The summed E-state index contributed by atoms with van der Waals surface area (Å²) in [5.41, 5.74) is 0.228. The standard InChI is InChI=1S/C20H15ClF3N3O4/c1-31-13-7-4-11(14(9-13)25-19(30)20(22,23)24)8-15(28)17-18(29)16(26-27-17)10-2-5-12(21)6-3-10/h2-7,9,29H,8H2,1H3,(H,25,30)(H,26,27). The molecule has 0 spiro atoms. The van der Waals surface area contributed by atoms with E-state index in [1.54, 1.807) is 29.6 Å². The molecule has 0 aliphatic carbocycles. The average molecular weight is 454 g/mol. The van der Waals surface area contributed by atoms with Crippen molar-refractivity contribution < 1.29 is 32.6 Å². The number of nitrogens with zero attached hydrogens (tertiary/aromatic N) is 1. The molecule has 0 bridgehead atoms. The molecular weight excluding hydrogens is 439 g/mol. The van der Waals surface area contributed by atoms with Gasteiger partial charge in [-0.05, 0) is 23.8 Å². The molecule has 0 fully saturated rings. The number of nitrogens with one attached hydrogen (secondary N) is 2. The third kappa shape index (κ3) is 4.97. The highest BCUT2D eigenvalue weighted by molar-refractivity contribution is 6.30. The molecule has 11 heteroatoms. The van der Waals surface area contributed by atoms with Gasteiger partial charge in [-0.3, -0.25) is 14.7 Å². The molecule has 162 valence electrons. The summed E-state index contributed by atoms with van der Waals surface area (Å²) in [5.74, 6) is -3.08. The van der Waals surface area contributed by atoms with Gasteiger partial charge in [0.2, 0.25) is 0 Å². The third-order valence-electron chi connectivity index (χ3n) is 4.31. The van der Waals surface area contributed by atoms with Crippen LogP contribution in [-0.2, 0) is 11.2 Å². The monoisotopic (exact) mass is 453 g/mol. The molecule has 31 heavy (non-hydrogen) atoms. The second-order valence-corrected chi connectivity index (χ2v) is 6.81. The van der Waals surface area contributed by atoms with Crippen molar-refractivity contribution in [3.63, 3.8) is 0 Å². The molecule has 3 N–H and O–H groups in total. The molecule has 7 nitrogen and oxygen atoms in total. The van der Waals surface area contributed by atoms with Crippen molar-refractivity contribution in [3.8, 4) is 22.8 Å². The van der Waals surface area contributed by atoms with E-state index in [1.807, 2.05) is 0 Å². The molecule has 0 saturated carbocycles. The Kier molecular flexibility index (Phi) is 6.21. The molecular formula is C20H15ClF3N3O4. The van der Waals surface area contributed by atoms with Crippen LogP contribution >= 0.6 is 11.6 Å². The molecule has 0 saturated heterocycles. The van der Waals surface area contributed by atoms with Crippen LogP contribution in [0.2, 0.25) is 5.02 Å². The van der Waals surface area contributed by atoms with Crippen molar-refractivity contribution in [1.29, 1.82) is 0 Å². The summed E-state index contributed by atoms with van der Waals surface area (Å²) >= 11 is 5.83. The van der Waals surface area contributed by atoms with Crippen LogP contribution in [0.1, 0.15) is 16.1 Å². The highest BCUT2D eigenvalue weighted by Gasteiger charge is 2.39. The molecule has 0 radical (unpaired) electrons. The summed E-state index contributed by atoms with van der Waals surface area (Å²) in [4.78, 5) is 24.1. The molecule has 0 atom stereocenters. The third-order valence-corrected chi connectivity index (χ3v) is 4.56. The van der Waals surface area contributed by atoms with Crippen molar-refractivity contribution >= 4 is 29.0 Å². The maximum absolute atomic E-state index is 12.7. The van der Waals surface area contributed by atoms with Gasteiger partial charge in [0.25, 0.3) is 0 Å². The fraction of sp³-hybridized carbons (Fsp3) is 0.150. The Hall–Kier alpha value is -3.53. The smallest absolute Gasteiger partial charge is 0.471 e. The Morgan fingerprint density at radius 1 is 1.19 bits per heavy atom. The van der Waals surface area contributed by atoms with Gasteiger partial charge < -0.3 is 15.2 Å². The summed E-state index contributed by atoms with van der Waals surface area (Å²) in [6, 6.07) is 10.3. The van der Waals surface area contributed by atoms with Crippen molar-refractivity contribution in [2.75, 3.05) is 12.4 Å². The van der Waals surface area contributed by atoms with Crippen LogP contribution in [0.15, 0.2) is 42.5 Å². The number of anilines is 1. The lowest BCUT2D eigenvalue weighted by atomic mass is 10.0. The maximum Gasteiger partial charge on any atom is 0.471 e. The minimum atomic E-state index is -5.11. The van der Waals surface area contributed by atoms with Gasteiger partial charge in [0.15, 0.2) is 11.5 Å². The van der Waals surface area contributed by atoms with E-state index in [-0.39, 0.29) is 28.4 Å². The summed E-state index contributed by atoms with van der Waals surface area (Å²) in [5, 5.41) is 19.0. The first-order valence-corrected chi connectivity index (χ1v) is 9.09. The molecule has 3 rings (SSSR count). The largest absolute Gasteiger partial charge is 0.504 e. The van der Waals surface area contributed by atoms with E-state index in [2.05, 4.69) is 10.2 Å². The molecule has 0 unspecified atom stereocenters. The summed E-state index contributed by atoms with van der Waals surface area (Å²) < 4.78 is 42.9. The average Bonchev–Trinajstić information content (AvgIpc) is 3.10. The molecule has 0 aliphatic heterocycles. The number of benzene rings is 2. The van der Waals surface area contributed by atoms with Crippen molar-refractivity contribution in [2.24, 2.45) is 0 Å². The van der Waals surface area contributed by atoms with Crippen LogP contribution in [0.5, 0.6) is 11.5 Å². The van der Waals surface area contributed by atoms with Gasteiger partial charge >= 0.3 is 12.1 Å². The SMILES string of the molecule is COc1ccc(CC(=O)c2[nH]nc(-c3ccc(Cl)cc3)c2O)c(NC(=O)C(F)(F)F)c1. The second-order valence-electron chi connectivity index (χ2n) is 6.38. The Balaban J connectivity index is 1.88. The Morgan fingerprint density at radius 3 is 2.48 bits per heavy atom. The lowest BCUT2D eigenvalue weighted by molar-refractivity contribution is -0.167. The van der Waals surface area contributed by atoms with E-state index in [0.717, 1.165) is 6.07 Å². The van der Waals surface area contributed by atoms with E-state index in [0.29, 0.717) is 10.6 Å². The van der Waals surface area contributed by atoms with Crippen LogP contribution in [0.25, 0.3) is 11.3 Å². The predicted octanol–water partition coefficient (Wildman–Crippen LogP) is 4.37. The number of ether oxygens (including phenoxy) is 1. The molecule has 1 aromatic heterocycles. The fourth-order valence-corrected chi connectivity index (χ4v) is 2.87. The zero-order chi connectivity index (χ0) is 22.8. The van der Waals surface area contributed by atoms with Gasteiger partial charge in [0, 0.05) is 28.8 Å². The van der Waals surface area contributed by atoms with Crippen molar-refractivity contribution in [1.82, 2.24) is 10.2 Å². The number of alkyl halides is 3. The number of halogens is 4. The van der Waals surface area contributed by atoms with Gasteiger partial charge in [-0.25, -0.2) is 0 Å². The maximum atomic E-state index is 12.7. The van der Waals surface area contributed by atoms with Crippen molar-refractivity contribution in [3.05, 3.63) is 58.7 Å². The zero-order valence-corrected chi connectivity index (χ0v) is 16.6. The van der Waals surface area contributed by atoms with Crippen LogP contribution < -0.4 is 10.1 Å². The first kappa shape index (κ1) is 22.2. The van der Waals surface area contributed by atoms with E-state index >= 15 is 0 Å². The number of rotatable bonds is 6. The van der Waals surface area contributed by atoms with Crippen LogP contribution in [0.3, 0.4) is 0 Å². The Labute approximate surface area is 178 Å². The quantitative estimate of drug-likeness (QED) is 0.481. The highest BCUT2D eigenvalue weighted by Crippen LogP contribution is 2.32. The van der Waals surface area contributed by atoms with Gasteiger partial charge in [-0.15, -0.1) is 0 Å². The topological polar surface area (TPSA) is 104 Å². The Bertz CT molecular complexity index is 1130. The van der Waals surface area contributed by atoms with Crippen LogP contribution in [0, 0.1) is 0 Å². The number of aromatic hydroxyl groups is 1. The number of Topliss-reactive ketones (excluding diaryl/α,β-unsaturated/α-hetero) is 1. The number of methoxy groups -OCH3 is 1. The van der Waals surface area contributed by atoms with Crippen molar-refractivity contribution in [2.45, 2.75) is 12.6 Å². The van der Waals surface area contributed by atoms with Crippen LogP contribution in [-0.4, -0.2) is 40.3 Å². The molecule has 3 aromatic rings. The summed E-state index contributed by atoms with van der Waals surface area (Å²) in [6.07, 6.45) is -5.53. The van der Waals surface area contributed by atoms with Gasteiger partial charge in [-0.2, -0.15) is 18.3 Å². The van der Waals surface area contributed by atoms with E-state index < -0.39 is 30.0 Å². The molecule has 0 aliphatic rings. The van der Waals surface area contributed by atoms with Gasteiger partial charge in [0.1, 0.15) is 17.1 Å². The minimum absolute atomic E-state index is 0.0884. The minimum Gasteiger partial charge on any atom is -0.504 e. The number of H-pyrrole nitrogens is 1. The normalized spacial score (nSPS) is 11.3. The zero-order valence-electron chi connectivity index (χ0n) is 15.9. The number of carbonyl (C=O) groups is 2. The fourth-order valence-electron chi connectivity index (χ4n) is 2.75. The summed E-state index contributed by atoms with van der Waals surface area (Å²) in [6.45, 7) is 0. The molecule has 2 aromatic carbocycles. The number of aromatic amines is 1. The number of aromatic nitrogens is 2. The van der Waals surface area contributed by atoms with Crippen LogP contribution in [0.4, 0.5) is 18.9 Å². The Morgan fingerprint density at radius 2 is 1.87 bits per heavy atom. The van der Waals surface area contributed by atoms with Gasteiger partial charge in [-0.1, -0.05) is 29.8 Å². The van der Waals surface area contributed by atoms with E-state index in [9.17, 15) is 27.9 Å². The number of amides is 1. The molecule has 1 amide bonds. The lowest BCUT2D eigenvalue weighted by Gasteiger charge is -2.13. The molecule has 1 heterocycles. The summed E-state index contributed by atoms with van der Waals surface area (Å²) in [7, 11) is 1.30. The highest BCUT2D eigenvalue weighted by atomic mass is 35.5. The predicted molar refractivity (Wildman–Crippen MR) is 106 cm³/mol. The lowest BCUT2D eigenvalue weighted by Crippen LogP contribution is -2.30. The number of carbonyl (C=O) groups excluding carboxylic acids is 2. The van der Waals surface area contributed by atoms with E-state index in [1.165, 1.54) is 19.2 Å². The van der Waals surface area contributed by atoms with E-state index in [4.69, 9.17) is 16.3 Å². The van der Waals surface area contributed by atoms with Gasteiger partial charge in [0.05, 0.1) is 7.11 Å².